The Hall–Kier alpha value is -0.120. The van der Waals surface area contributed by atoms with E-state index in [1.165, 1.54) is 38.6 Å². The molecule has 1 aliphatic carbocycles. The summed E-state index contributed by atoms with van der Waals surface area (Å²) in [7, 11) is 3.86. The number of fused-ring (bicyclic) bond motifs is 1. The SMILES string of the molecule is CNCC(COC)N1CCCC2CCCC21. The van der Waals surface area contributed by atoms with Gasteiger partial charge in [0.15, 0.2) is 0 Å². The molecule has 1 aliphatic heterocycles. The number of nitrogens with zero attached hydrogens (tertiary/aromatic N) is 1. The smallest absolute Gasteiger partial charge is 0.0630 e. The fourth-order valence-corrected chi connectivity index (χ4v) is 3.65. The first kappa shape index (κ1) is 12.3. The maximum absolute atomic E-state index is 5.38. The van der Waals surface area contributed by atoms with E-state index in [2.05, 4.69) is 10.2 Å². The normalized spacial score (nSPS) is 32.6. The molecule has 3 unspecified atom stereocenters. The summed E-state index contributed by atoms with van der Waals surface area (Å²) in [6, 6.07) is 1.42. The lowest BCUT2D eigenvalue weighted by Gasteiger charge is -2.42. The third kappa shape index (κ3) is 2.58. The standard InChI is InChI=1S/C13H26N2O/c1-14-9-12(10-16-2)15-8-4-6-11-5-3-7-13(11)15/h11-14H,3-10H2,1-2H3. The van der Waals surface area contributed by atoms with Crippen molar-refractivity contribution in [2.24, 2.45) is 5.92 Å². The summed E-state index contributed by atoms with van der Waals surface area (Å²) in [6.45, 7) is 3.19. The number of hydrogen-bond donors (Lipinski definition) is 1. The zero-order valence-corrected chi connectivity index (χ0v) is 10.7. The summed E-state index contributed by atoms with van der Waals surface area (Å²) in [4.78, 5) is 2.72. The highest BCUT2D eigenvalue weighted by atomic mass is 16.5. The highest BCUT2D eigenvalue weighted by Crippen LogP contribution is 2.37. The number of hydrogen-bond acceptors (Lipinski definition) is 3. The van der Waals surface area contributed by atoms with Crippen molar-refractivity contribution in [3.05, 3.63) is 0 Å². The molecule has 16 heavy (non-hydrogen) atoms. The molecule has 0 bridgehead atoms. The van der Waals surface area contributed by atoms with Crippen LogP contribution in [0.2, 0.25) is 0 Å². The largest absolute Gasteiger partial charge is 0.383 e. The Labute approximate surface area is 99.5 Å². The molecule has 1 saturated heterocycles. The molecule has 0 aromatic heterocycles. The number of piperidine rings is 1. The Kier molecular flexibility index (Phi) is 4.62. The molecule has 2 aliphatic rings. The fraction of sp³-hybridized carbons (Fsp3) is 1.00. The Bertz CT molecular complexity index is 204. The average molecular weight is 226 g/mol. The van der Waals surface area contributed by atoms with Crippen molar-refractivity contribution in [1.29, 1.82) is 0 Å². The predicted molar refractivity (Wildman–Crippen MR) is 66.7 cm³/mol. The molecule has 94 valence electrons. The number of rotatable bonds is 5. The Morgan fingerprint density at radius 1 is 1.31 bits per heavy atom. The molecular weight excluding hydrogens is 200 g/mol. The van der Waals surface area contributed by atoms with E-state index in [0.717, 1.165) is 25.1 Å². The van der Waals surface area contributed by atoms with Gasteiger partial charge < -0.3 is 10.1 Å². The third-order valence-electron chi connectivity index (χ3n) is 4.30. The van der Waals surface area contributed by atoms with E-state index in [-0.39, 0.29) is 0 Å². The second kappa shape index (κ2) is 5.99. The number of ether oxygens (including phenoxy) is 1. The van der Waals surface area contributed by atoms with Gasteiger partial charge in [-0.05, 0) is 45.2 Å². The Balaban J connectivity index is 1.98. The van der Waals surface area contributed by atoms with E-state index < -0.39 is 0 Å². The van der Waals surface area contributed by atoms with E-state index in [1.54, 1.807) is 0 Å². The first-order valence-electron chi connectivity index (χ1n) is 6.76. The van der Waals surface area contributed by atoms with Crippen LogP contribution in [0.3, 0.4) is 0 Å². The van der Waals surface area contributed by atoms with Crippen LogP contribution in [-0.4, -0.2) is 50.8 Å². The van der Waals surface area contributed by atoms with Crippen LogP contribution in [0.15, 0.2) is 0 Å². The molecule has 1 N–H and O–H groups in total. The first-order valence-corrected chi connectivity index (χ1v) is 6.76. The minimum Gasteiger partial charge on any atom is -0.383 e. The van der Waals surface area contributed by atoms with Crippen LogP contribution in [-0.2, 0) is 4.74 Å². The first-order chi connectivity index (χ1) is 7.86. The van der Waals surface area contributed by atoms with Crippen LogP contribution in [0.5, 0.6) is 0 Å². The minimum absolute atomic E-state index is 0.570. The number of likely N-dealkylation sites (N-methyl/N-ethyl adjacent to an activating group) is 1. The van der Waals surface area contributed by atoms with Crippen molar-refractivity contribution in [1.82, 2.24) is 10.2 Å². The van der Waals surface area contributed by atoms with Crippen molar-refractivity contribution in [3.8, 4) is 0 Å². The molecule has 3 atom stereocenters. The number of nitrogens with one attached hydrogen (secondary N) is 1. The van der Waals surface area contributed by atoms with E-state index in [4.69, 9.17) is 4.74 Å². The van der Waals surface area contributed by atoms with Crippen LogP contribution in [0.25, 0.3) is 0 Å². The highest BCUT2D eigenvalue weighted by Gasteiger charge is 2.37. The summed E-state index contributed by atoms with van der Waals surface area (Å²) in [5.74, 6) is 0.977. The van der Waals surface area contributed by atoms with Gasteiger partial charge >= 0.3 is 0 Å². The quantitative estimate of drug-likeness (QED) is 0.768. The van der Waals surface area contributed by atoms with Crippen molar-refractivity contribution in [2.45, 2.75) is 44.2 Å². The lowest BCUT2D eigenvalue weighted by molar-refractivity contribution is 0.0253. The zero-order valence-electron chi connectivity index (χ0n) is 10.7. The third-order valence-corrected chi connectivity index (χ3v) is 4.30. The van der Waals surface area contributed by atoms with Gasteiger partial charge in [-0.3, -0.25) is 4.90 Å². The van der Waals surface area contributed by atoms with E-state index in [1.807, 2.05) is 14.2 Å². The number of methoxy groups -OCH3 is 1. The van der Waals surface area contributed by atoms with Gasteiger partial charge in [0.1, 0.15) is 0 Å². The van der Waals surface area contributed by atoms with Gasteiger partial charge in [0.25, 0.3) is 0 Å². The molecule has 0 spiro atoms. The zero-order chi connectivity index (χ0) is 11.4. The molecule has 0 aromatic rings. The van der Waals surface area contributed by atoms with Gasteiger partial charge in [0, 0.05) is 25.7 Å². The van der Waals surface area contributed by atoms with Gasteiger partial charge in [-0.2, -0.15) is 0 Å². The molecule has 0 radical (unpaired) electrons. The highest BCUT2D eigenvalue weighted by molar-refractivity contribution is 4.92. The molecule has 2 fully saturated rings. The van der Waals surface area contributed by atoms with Crippen LogP contribution in [0, 0.1) is 5.92 Å². The summed E-state index contributed by atoms with van der Waals surface area (Å²) in [5.41, 5.74) is 0. The van der Waals surface area contributed by atoms with Crippen LogP contribution in [0.4, 0.5) is 0 Å². The van der Waals surface area contributed by atoms with Gasteiger partial charge in [-0.1, -0.05) is 6.42 Å². The van der Waals surface area contributed by atoms with Crippen LogP contribution in [0.1, 0.15) is 32.1 Å². The molecule has 3 heteroatoms. The fourth-order valence-electron chi connectivity index (χ4n) is 3.65. The van der Waals surface area contributed by atoms with Crippen molar-refractivity contribution >= 4 is 0 Å². The monoisotopic (exact) mass is 226 g/mol. The lowest BCUT2D eigenvalue weighted by atomic mass is 9.90. The molecular formula is C13H26N2O. The number of likely N-dealkylation sites (tertiary alicyclic amines) is 1. The topological polar surface area (TPSA) is 24.5 Å². The molecule has 1 saturated carbocycles. The summed E-state index contributed by atoms with van der Waals surface area (Å²) < 4.78 is 5.38. The second-order valence-corrected chi connectivity index (χ2v) is 5.31. The Morgan fingerprint density at radius 2 is 2.12 bits per heavy atom. The summed E-state index contributed by atoms with van der Waals surface area (Å²) in [6.07, 6.45) is 7.14. The van der Waals surface area contributed by atoms with E-state index in [9.17, 15) is 0 Å². The molecule has 1 heterocycles. The van der Waals surface area contributed by atoms with Gasteiger partial charge in [-0.25, -0.2) is 0 Å². The molecule has 2 rings (SSSR count). The maximum atomic E-state index is 5.38. The minimum atomic E-state index is 0.570. The van der Waals surface area contributed by atoms with Gasteiger partial charge in [0.05, 0.1) is 6.61 Å². The molecule has 0 amide bonds. The summed E-state index contributed by atoms with van der Waals surface area (Å²) in [5, 5.41) is 3.31. The molecule has 3 nitrogen and oxygen atoms in total. The van der Waals surface area contributed by atoms with Crippen molar-refractivity contribution in [3.63, 3.8) is 0 Å². The molecule has 0 aromatic carbocycles. The van der Waals surface area contributed by atoms with Crippen molar-refractivity contribution in [2.75, 3.05) is 33.9 Å². The van der Waals surface area contributed by atoms with Crippen LogP contribution >= 0.6 is 0 Å². The van der Waals surface area contributed by atoms with E-state index >= 15 is 0 Å². The predicted octanol–water partition coefficient (Wildman–Crippen LogP) is 1.49. The lowest BCUT2D eigenvalue weighted by Crippen LogP contribution is -2.53. The van der Waals surface area contributed by atoms with Crippen molar-refractivity contribution < 1.29 is 4.74 Å². The Morgan fingerprint density at radius 3 is 2.88 bits per heavy atom. The van der Waals surface area contributed by atoms with Crippen LogP contribution < -0.4 is 5.32 Å². The second-order valence-electron chi connectivity index (χ2n) is 5.31. The maximum Gasteiger partial charge on any atom is 0.0630 e. The summed E-state index contributed by atoms with van der Waals surface area (Å²) >= 11 is 0. The average Bonchev–Trinajstić information content (AvgIpc) is 2.76. The van der Waals surface area contributed by atoms with Gasteiger partial charge in [-0.15, -0.1) is 0 Å². The van der Waals surface area contributed by atoms with E-state index in [0.29, 0.717) is 6.04 Å². The van der Waals surface area contributed by atoms with Gasteiger partial charge in [0.2, 0.25) is 0 Å².